The molecule has 17 rings (SSSR count). The molecule has 7 heterocycles. The first-order chi connectivity index (χ1) is 63.8. The van der Waals surface area contributed by atoms with Gasteiger partial charge in [-0.2, -0.15) is 0 Å². The molecule has 7 aliphatic heterocycles. The zero-order valence-corrected chi connectivity index (χ0v) is 77.9. The quantitative estimate of drug-likeness (QED) is 0.0187. The lowest BCUT2D eigenvalue weighted by Crippen LogP contribution is -2.64. The van der Waals surface area contributed by atoms with Crippen LogP contribution in [0.15, 0.2) is 102 Å². The number of Topliss-reactive ketones (excluding diaryl/α,β-unsaturated/α-hetero) is 3. The summed E-state index contributed by atoms with van der Waals surface area (Å²) in [5.41, 5.74) is 9.27. The van der Waals surface area contributed by atoms with E-state index in [0.717, 1.165) is 69.6 Å². The summed E-state index contributed by atoms with van der Waals surface area (Å²) in [6.07, 6.45) is -11.2. The smallest absolute Gasteiger partial charge is 0.246 e. The summed E-state index contributed by atoms with van der Waals surface area (Å²) in [5.74, 6) is -15.5. The molecule has 11 aliphatic rings. The van der Waals surface area contributed by atoms with Gasteiger partial charge in [-0.15, -0.1) is 0 Å². The van der Waals surface area contributed by atoms with Gasteiger partial charge in [0.25, 0.3) is 0 Å². The minimum Gasteiger partial charge on any atom is -0.507 e. The number of aliphatic hydroxyl groups is 6. The Kier molecular flexibility index (Phi) is 32.1. The molecule has 0 radical (unpaired) electrons. The molecule has 4 aliphatic carbocycles. The fourth-order valence-electron chi connectivity index (χ4n) is 20.6. The number of aliphatic hydroxyl groups excluding tert-OH is 6. The zero-order valence-electron chi connectivity index (χ0n) is 75.6. The maximum atomic E-state index is 16.8. The molecule has 34 nitrogen and oxygen atoms in total. The number of amides is 5. The highest BCUT2D eigenvalue weighted by Crippen LogP contribution is 2.59. The Morgan fingerprint density at radius 1 is 0.687 bits per heavy atom. The second kappa shape index (κ2) is 42.9. The minimum absolute atomic E-state index is 0.0286. The number of primary amides is 1. The first-order valence-electron chi connectivity index (χ1n) is 46.3. The highest BCUT2D eigenvalue weighted by Gasteiger charge is 2.54. The molecule has 0 spiro atoms. The van der Waals surface area contributed by atoms with E-state index in [1.54, 1.807) is 19.1 Å². The van der Waals surface area contributed by atoms with Gasteiger partial charge >= 0.3 is 0 Å². The van der Waals surface area contributed by atoms with Crippen LogP contribution in [0.2, 0.25) is 10.0 Å². The third-order valence-corrected chi connectivity index (χ3v) is 29.7. The number of ether oxygens (including phenoxy) is 7. The van der Waals surface area contributed by atoms with Gasteiger partial charge in [0.2, 0.25) is 51.6 Å². The number of unbranched alkanes of at least 4 members (excludes halogenated alkanes) is 4. The van der Waals surface area contributed by atoms with Crippen molar-refractivity contribution >= 4 is 80.1 Å². The summed E-state index contributed by atoms with van der Waals surface area (Å²) in [6.45, 7) is 10.2. The van der Waals surface area contributed by atoms with Crippen molar-refractivity contribution in [3.63, 3.8) is 0 Å². The number of benzene rings is 6. The van der Waals surface area contributed by atoms with Crippen LogP contribution in [0.25, 0.3) is 11.1 Å². The molecular weight excluding hydrogens is 1800 g/mol. The topological polar surface area (TPSA) is 542 Å². The average molecular weight is 1920 g/mol. The maximum absolute atomic E-state index is 16.8. The van der Waals surface area contributed by atoms with Gasteiger partial charge in [-0.05, 0) is 227 Å². The van der Waals surface area contributed by atoms with E-state index in [-0.39, 0.29) is 134 Å². The van der Waals surface area contributed by atoms with E-state index in [0.29, 0.717) is 49.9 Å². The monoisotopic (exact) mass is 1920 g/mol. The van der Waals surface area contributed by atoms with Crippen molar-refractivity contribution < 1.29 is 126 Å². The Morgan fingerprint density at radius 3 is 1.96 bits per heavy atom. The molecule has 726 valence electrons. The molecular formula is C97H122Cl2N8O26S. The third-order valence-electron chi connectivity index (χ3n) is 27.6. The van der Waals surface area contributed by atoms with Gasteiger partial charge in [0, 0.05) is 67.8 Å². The predicted molar refractivity (Wildman–Crippen MR) is 488 cm³/mol. The van der Waals surface area contributed by atoms with Crippen LogP contribution in [0.4, 0.5) is 0 Å². The van der Waals surface area contributed by atoms with Crippen molar-refractivity contribution in [3.05, 3.63) is 140 Å². The highest BCUT2D eigenvalue weighted by molar-refractivity contribution is 7.89. The van der Waals surface area contributed by atoms with Crippen LogP contribution in [-0.2, 0) is 69.1 Å². The van der Waals surface area contributed by atoms with Crippen molar-refractivity contribution in [1.82, 2.24) is 31.3 Å². The van der Waals surface area contributed by atoms with Crippen LogP contribution in [0.3, 0.4) is 0 Å². The molecule has 15 bridgehead atoms. The van der Waals surface area contributed by atoms with E-state index < -0.39 is 226 Å². The number of nitrogens with two attached hydrogens (primary N) is 2. The standard InChI is InChI=1S/C97H122Cl2N8O26S/c1-7-9-13-26-127-58-17-19-59(20-18-58)134(125,126)103-25-12-10-11-24-102-44-64-68(110)42-63-79(86(64)117)62-33-51(14-21-67(62)109)61-41-70(112)80-56-37-74(129-72-22-15-52(34-65(72)98)84(115)82(106-92(121)50(8-2)27-46(3)4)69(111)36-57(39-77(100)114)93(122)104-80)89(133-96-90(88(119)87(118)76(45-108)131-96)132-78-43-97(6,101)91(120)47(5)128-78)75(38-56)130-73-23-16-53(35-66(73)99)85(116)83(107-94(61)123)95(124)105-81(63)71(113)40-60-54-29-48-28-49(31-54)32-55(60)30-48/h14-23,33-35,37-38,42,46-50,54-55,57,60-61,76,78,80-85,87-88,90-91,96,102-103,108-110,115-120H,7-13,24-32,36,39-41,43-45,101H2,1-6H3,(H2,100,114)(H,104,122)(H,105,124)(H,106,121)(H,107,123)/t47-,48?,49?,50+,54?,55?,57-,60?,61+,76+,78-,80+,81-,82-,83-,84+,85+,87+,88-,90+,91+,96-,97-/m0/s1. The van der Waals surface area contributed by atoms with Crippen LogP contribution in [0.5, 0.6) is 51.7 Å². The Bertz CT molecular complexity index is 5430. The number of carbonyl (C=O) groups excluding carboxylic acids is 8. The number of ketones is 3. The summed E-state index contributed by atoms with van der Waals surface area (Å²) in [5, 5.41) is 123. The summed E-state index contributed by atoms with van der Waals surface area (Å²) >= 11 is 14.6. The molecule has 19 N–H and O–H groups in total. The Labute approximate surface area is 787 Å². The third kappa shape index (κ3) is 22.6. The second-order valence-electron chi connectivity index (χ2n) is 37.9. The minimum atomic E-state index is -3.89. The van der Waals surface area contributed by atoms with Gasteiger partial charge in [0.05, 0.1) is 57.8 Å². The molecule has 18 atom stereocenters. The van der Waals surface area contributed by atoms with Crippen LogP contribution in [0.1, 0.15) is 221 Å². The molecule has 0 unspecified atom stereocenters. The summed E-state index contributed by atoms with van der Waals surface area (Å²) < 4.78 is 74.3. The number of fused-ring (bicyclic) bond motifs is 15. The molecule has 6 fully saturated rings. The Balaban J connectivity index is 0.902. The number of phenolic OH excluding ortho intramolecular Hbond substituents is 3. The van der Waals surface area contributed by atoms with E-state index in [2.05, 4.69) is 38.2 Å². The van der Waals surface area contributed by atoms with Crippen LogP contribution >= 0.6 is 23.2 Å². The van der Waals surface area contributed by atoms with Gasteiger partial charge in [-0.25, -0.2) is 13.1 Å². The number of hydrogen-bond donors (Lipinski definition) is 17. The van der Waals surface area contributed by atoms with Gasteiger partial charge in [-0.3, -0.25) is 38.4 Å². The first-order valence-corrected chi connectivity index (χ1v) is 48.5. The van der Waals surface area contributed by atoms with Crippen LogP contribution in [0, 0.1) is 47.3 Å². The lowest BCUT2D eigenvalue weighted by atomic mass is 9.51. The number of nitrogens with one attached hydrogen (secondary N) is 6. The van der Waals surface area contributed by atoms with Crippen molar-refractivity contribution in [2.45, 2.75) is 266 Å². The van der Waals surface area contributed by atoms with Crippen molar-refractivity contribution in [2.24, 2.45) is 58.8 Å². The molecule has 2 saturated heterocycles. The Hall–Kier alpha value is -9.67. The number of carbonyl (C=O) groups is 8. The summed E-state index contributed by atoms with van der Waals surface area (Å²) in [7, 11) is -3.89. The van der Waals surface area contributed by atoms with E-state index in [1.165, 1.54) is 80.6 Å². The van der Waals surface area contributed by atoms with Crippen LogP contribution < -0.4 is 61.7 Å². The maximum Gasteiger partial charge on any atom is 0.246 e. The molecule has 37 heteroatoms. The number of rotatable bonds is 30. The SMILES string of the molecule is CCCCCOc1ccc(S(=O)(=O)NCCCCCNCc2c(O)cc3c(c2O)-c2cc(ccc2O)[C@H]2CC(=O)[C@@H]4NC(=O)[C@H](CC(N)=O)CC(=O)[C@H](NC(=O)[C@H](CC)CC(C)C)[C@H](O)c5ccc(c(Cl)c5)Oc5cc4cc(c5O[C@@H]4O[C@H](CO)[C@@H](O)[C@H](O)[C@H]4O[C@H]4C[C@](C)(N)[C@H](O)[C@H](C)O4)Oc4ccc(cc4Cl)[C@@H](O)[C@H](NC2=O)C(=O)N[C@@H]3C(=O)CC2C3CC4CC(C3)CC2C4)cc1. The normalized spacial score (nSPS) is 29.4. The number of halogens is 2. The van der Waals surface area contributed by atoms with Crippen LogP contribution in [-0.4, -0.2) is 194 Å². The predicted octanol–water partition coefficient (Wildman–Crippen LogP) is 9.27. The molecule has 0 aromatic heterocycles. The largest absolute Gasteiger partial charge is 0.507 e. The summed E-state index contributed by atoms with van der Waals surface area (Å²) in [6, 6.07) is 12.5. The van der Waals surface area contributed by atoms with Gasteiger partial charge in [0.15, 0.2) is 41.2 Å². The fraction of sp³-hybridized carbons (Fsp3) is 0.546. The van der Waals surface area contributed by atoms with E-state index in [1.807, 2.05) is 13.8 Å². The molecule has 4 saturated carbocycles. The molecule has 5 amide bonds. The van der Waals surface area contributed by atoms with Crippen molar-refractivity contribution in [3.8, 4) is 62.9 Å². The molecule has 6 aromatic rings. The van der Waals surface area contributed by atoms with Gasteiger partial charge in [0.1, 0.15) is 89.2 Å². The van der Waals surface area contributed by atoms with E-state index in [9.17, 15) is 64.0 Å². The fourth-order valence-corrected chi connectivity index (χ4v) is 22.1. The number of hydrogen-bond acceptors (Lipinski definition) is 28. The Morgan fingerprint density at radius 2 is 1.34 bits per heavy atom. The number of phenols is 3. The second-order valence-corrected chi connectivity index (χ2v) is 40.5. The lowest BCUT2D eigenvalue weighted by molar-refractivity contribution is -0.333. The highest BCUT2D eigenvalue weighted by atomic mass is 35.5. The van der Waals surface area contributed by atoms with Crippen molar-refractivity contribution in [2.75, 3.05) is 26.3 Å². The molecule has 6 aromatic carbocycles. The number of sulfonamides is 1. The van der Waals surface area contributed by atoms with Gasteiger partial charge in [-0.1, -0.05) is 88.4 Å². The zero-order chi connectivity index (χ0) is 96.2. The number of aromatic hydroxyl groups is 3. The van der Waals surface area contributed by atoms with E-state index >= 15 is 28.8 Å². The lowest BCUT2D eigenvalue weighted by Gasteiger charge is -2.54. The van der Waals surface area contributed by atoms with Crippen molar-refractivity contribution in [1.29, 1.82) is 0 Å². The molecule has 134 heavy (non-hydrogen) atoms. The first kappa shape index (κ1) is 100. The summed E-state index contributed by atoms with van der Waals surface area (Å²) in [4.78, 5) is 124. The van der Waals surface area contributed by atoms with Gasteiger partial charge < -0.3 is 117 Å². The van der Waals surface area contributed by atoms with E-state index in [4.69, 9.17) is 67.8 Å². The average Bonchev–Trinajstić information content (AvgIpc) is 0.754.